The molecular formula is C23H32IN7. The standard InChI is InChI=1S/C23H31N7.HI/c1-24-23(25-13-12-22-28-27-21-7-3-6-16-30(21)22)26-17-19-8-10-20(11-9-19)18-29-14-4-2-5-15-29;/h3,6-11,16H,2,4-5,12-15,17-18H2,1H3,(H2,24,25,26);1H. The van der Waals surface area contributed by atoms with Crippen LogP contribution in [0.25, 0.3) is 5.65 Å². The van der Waals surface area contributed by atoms with Gasteiger partial charge in [-0.3, -0.25) is 14.3 Å². The molecule has 166 valence electrons. The van der Waals surface area contributed by atoms with Crippen LogP contribution >= 0.6 is 24.0 Å². The van der Waals surface area contributed by atoms with Crippen LogP contribution in [0.1, 0.15) is 36.2 Å². The summed E-state index contributed by atoms with van der Waals surface area (Å²) in [5.74, 6) is 1.74. The van der Waals surface area contributed by atoms with Crippen LogP contribution in [0.15, 0.2) is 53.7 Å². The van der Waals surface area contributed by atoms with Crippen LogP contribution in [0.5, 0.6) is 0 Å². The summed E-state index contributed by atoms with van der Waals surface area (Å²) in [6, 6.07) is 14.8. The SMILES string of the molecule is CN=C(NCCc1nnc2ccccn12)NCc1ccc(CN2CCCCC2)cc1.I. The molecular weight excluding hydrogens is 501 g/mol. The summed E-state index contributed by atoms with van der Waals surface area (Å²) in [7, 11) is 1.80. The number of hydrogen-bond acceptors (Lipinski definition) is 4. The molecule has 2 N–H and O–H groups in total. The van der Waals surface area contributed by atoms with Gasteiger partial charge >= 0.3 is 0 Å². The lowest BCUT2D eigenvalue weighted by Crippen LogP contribution is -2.38. The van der Waals surface area contributed by atoms with Gasteiger partial charge < -0.3 is 10.6 Å². The molecule has 0 unspecified atom stereocenters. The number of nitrogens with zero attached hydrogens (tertiary/aromatic N) is 5. The van der Waals surface area contributed by atoms with Gasteiger partial charge in [0.05, 0.1) is 0 Å². The Morgan fingerprint density at radius 3 is 2.52 bits per heavy atom. The summed E-state index contributed by atoms with van der Waals surface area (Å²) >= 11 is 0. The van der Waals surface area contributed by atoms with Crippen molar-refractivity contribution in [2.24, 2.45) is 4.99 Å². The number of piperidine rings is 1. The number of benzene rings is 1. The fraction of sp³-hybridized carbons (Fsp3) is 0.435. The molecule has 4 rings (SSSR count). The number of halogens is 1. The van der Waals surface area contributed by atoms with Crippen LogP contribution in [-0.2, 0) is 19.5 Å². The number of nitrogens with one attached hydrogen (secondary N) is 2. The van der Waals surface area contributed by atoms with Crippen LogP contribution in [0.2, 0.25) is 0 Å². The highest BCUT2D eigenvalue weighted by Gasteiger charge is 2.10. The second kappa shape index (κ2) is 12.0. The van der Waals surface area contributed by atoms with E-state index < -0.39 is 0 Å². The van der Waals surface area contributed by atoms with Gasteiger partial charge in [-0.1, -0.05) is 36.8 Å². The van der Waals surface area contributed by atoms with Crippen molar-refractivity contribution in [3.63, 3.8) is 0 Å². The predicted molar refractivity (Wildman–Crippen MR) is 136 cm³/mol. The van der Waals surface area contributed by atoms with E-state index in [1.165, 1.54) is 43.5 Å². The lowest BCUT2D eigenvalue weighted by molar-refractivity contribution is 0.221. The maximum Gasteiger partial charge on any atom is 0.191 e. The molecule has 7 nitrogen and oxygen atoms in total. The summed E-state index contributed by atoms with van der Waals surface area (Å²) in [6.07, 6.45) is 6.82. The Labute approximate surface area is 201 Å². The average Bonchev–Trinajstić information content (AvgIpc) is 3.21. The van der Waals surface area contributed by atoms with Gasteiger partial charge in [-0.2, -0.15) is 0 Å². The molecule has 1 aliphatic rings. The summed E-state index contributed by atoms with van der Waals surface area (Å²) in [5.41, 5.74) is 3.52. The molecule has 1 saturated heterocycles. The molecule has 0 bridgehead atoms. The number of fused-ring (bicyclic) bond motifs is 1. The molecule has 3 heterocycles. The summed E-state index contributed by atoms with van der Waals surface area (Å²) in [4.78, 5) is 6.88. The smallest absolute Gasteiger partial charge is 0.191 e. The minimum absolute atomic E-state index is 0. The molecule has 8 heteroatoms. The highest BCUT2D eigenvalue weighted by molar-refractivity contribution is 14.0. The van der Waals surface area contributed by atoms with Crippen LogP contribution < -0.4 is 10.6 Å². The predicted octanol–water partition coefficient (Wildman–Crippen LogP) is 3.24. The van der Waals surface area contributed by atoms with E-state index in [1.54, 1.807) is 7.05 Å². The molecule has 0 aliphatic carbocycles. The number of aromatic nitrogens is 3. The molecule has 0 spiro atoms. The molecule has 0 saturated carbocycles. The molecule has 31 heavy (non-hydrogen) atoms. The summed E-state index contributed by atoms with van der Waals surface area (Å²) < 4.78 is 2.02. The molecule has 0 radical (unpaired) electrons. The highest BCUT2D eigenvalue weighted by atomic mass is 127. The van der Waals surface area contributed by atoms with Gasteiger partial charge in [0.25, 0.3) is 0 Å². The van der Waals surface area contributed by atoms with E-state index in [2.05, 4.69) is 55.0 Å². The van der Waals surface area contributed by atoms with Gasteiger partial charge in [-0.25, -0.2) is 0 Å². The lowest BCUT2D eigenvalue weighted by Gasteiger charge is -2.26. The van der Waals surface area contributed by atoms with Gasteiger partial charge in [0.15, 0.2) is 11.6 Å². The molecule has 3 aromatic rings. The first-order chi connectivity index (χ1) is 14.8. The largest absolute Gasteiger partial charge is 0.356 e. The third-order valence-corrected chi connectivity index (χ3v) is 5.59. The monoisotopic (exact) mass is 533 g/mol. The molecule has 1 aromatic carbocycles. The van der Waals surface area contributed by atoms with Crippen LogP contribution in [0, 0.1) is 0 Å². The van der Waals surface area contributed by atoms with Crippen molar-refractivity contribution in [1.82, 2.24) is 30.1 Å². The molecule has 1 aliphatic heterocycles. The first kappa shape index (κ1) is 23.5. The van der Waals surface area contributed by atoms with Crippen LogP contribution in [-0.4, -0.2) is 52.1 Å². The number of hydrogen-bond donors (Lipinski definition) is 2. The number of guanidine groups is 1. The van der Waals surface area contributed by atoms with Gasteiger partial charge in [0.2, 0.25) is 0 Å². The molecule has 2 aromatic heterocycles. The zero-order valence-electron chi connectivity index (χ0n) is 18.1. The van der Waals surface area contributed by atoms with Gasteiger partial charge in [-0.05, 0) is 49.2 Å². The number of likely N-dealkylation sites (tertiary alicyclic amines) is 1. The van der Waals surface area contributed by atoms with Gasteiger partial charge in [0.1, 0.15) is 5.82 Å². The Balaban J connectivity index is 0.00000272. The van der Waals surface area contributed by atoms with Crippen molar-refractivity contribution < 1.29 is 0 Å². The Kier molecular flexibility index (Phi) is 9.08. The average molecular weight is 533 g/mol. The van der Waals surface area contributed by atoms with E-state index in [-0.39, 0.29) is 24.0 Å². The minimum atomic E-state index is 0. The third-order valence-electron chi connectivity index (χ3n) is 5.59. The lowest BCUT2D eigenvalue weighted by atomic mass is 10.1. The van der Waals surface area contributed by atoms with Crippen LogP contribution in [0.4, 0.5) is 0 Å². The van der Waals surface area contributed by atoms with Gasteiger partial charge in [-0.15, -0.1) is 34.2 Å². The van der Waals surface area contributed by atoms with Crippen LogP contribution in [0.3, 0.4) is 0 Å². The fourth-order valence-electron chi connectivity index (χ4n) is 3.90. The molecule has 0 amide bonds. The van der Waals surface area contributed by atoms with E-state index in [0.717, 1.165) is 43.5 Å². The molecule has 1 fully saturated rings. The Hall–Kier alpha value is -2.20. The third kappa shape index (κ3) is 6.64. The number of rotatable bonds is 7. The Morgan fingerprint density at radius 1 is 0.968 bits per heavy atom. The quantitative estimate of drug-likeness (QED) is 0.277. The first-order valence-electron chi connectivity index (χ1n) is 10.8. The number of aliphatic imine (C=N–C) groups is 1. The van der Waals surface area contributed by atoms with E-state index in [9.17, 15) is 0 Å². The Morgan fingerprint density at radius 2 is 1.74 bits per heavy atom. The fourth-order valence-corrected chi connectivity index (χ4v) is 3.90. The Bertz CT molecular complexity index is 961. The molecule has 0 atom stereocenters. The minimum Gasteiger partial charge on any atom is -0.356 e. The summed E-state index contributed by atoms with van der Waals surface area (Å²) in [6.45, 7) is 5.02. The zero-order chi connectivity index (χ0) is 20.6. The summed E-state index contributed by atoms with van der Waals surface area (Å²) in [5, 5.41) is 15.2. The van der Waals surface area contributed by atoms with E-state index in [0.29, 0.717) is 0 Å². The maximum absolute atomic E-state index is 4.32. The van der Waals surface area contributed by atoms with Crippen molar-refractivity contribution in [3.05, 3.63) is 65.6 Å². The van der Waals surface area contributed by atoms with E-state index in [4.69, 9.17) is 0 Å². The highest BCUT2D eigenvalue weighted by Crippen LogP contribution is 2.13. The maximum atomic E-state index is 4.32. The van der Waals surface area contributed by atoms with Crippen molar-refractivity contribution >= 4 is 35.6 Å². The van der Waals surface area contributed by atoms with Crippen molar-refractivity contribution in [1.29, 1.82) is 0 Å². The van der Waals surface area contributed by atoms with Crippen molar-refractivity contribution in [2.45, 2.75) is 38.8 Å². The van der Waals surface area contributed by atoms with Crippen molar-refractivity contribution in [3.8, 4) is 0 Å². The van der Waals surface area contributed by atoms with E-state index >= 15 is 0 Å². The normalized spacial score (nSPS) is 14.9. The number of pyridine rings is 1. The zero-order valence-corrected chi connectivity index (χ0v) is 20.5. The first-order valence-corrected chi connectivity index (χ1v) is 10.8. The second-order valence-corrected chi connectivity index (χ2v) is 7.80. The topological polar surface area (TPSA) is 69.8 Å². The second-order valence-electron chi connectivity index (χ2n) is 7.80. The van der Waals surface area contributed by atoms with Crippen molar-refractivity contribution in [2.75, 3.05) is 26.7 Å². The van der Waals surface area contributed by atoms with E-state index in [1.807, 2.05) is 28.8 Å². The van der Waals surface area contributed by atoms with Gasteiger partial charge in [0, 0.05) is 39.3 Å².